The van der Waals surface area contributed by atoms with Crippen LogP contribution < -0.4 is 0 Å². The highest BCUT2D eigenvalue weighted by Gasteiger charge is 2.17. The van der Waals surface area contributed by atoms with Crippen LogP contribution >= 0.6 is 11.6 Å². The normalized spacial score (nSPS) is 11.2. The Morgan fingerprint density at radius 3 is 1.13 bits per heavy atom. The molecule has 0 saturated carbocycles. The lowest BCUT2D eigenvalue weighted by Gasteiger charge is -2.17. The van der Waals surface area contributed by atoms with Crippen molar-refractivity contribution in [2.75, 3.05) is 0 Å². The van der Waals surface area contributed by atoms with Gasteiger partial charge in [-0.25, -0.2) is 4.98 Å². The first-order valence-electron chi connectivity index (χ1n) is 12.8. The first-order chi connectivity index (χ1) is 19.3. The molecular weight excluding hydrogens is 498 g/mol. The SMILES string of the molecule is Clc1nc(-c2ccccc2)nc(-c2ccc(-c3c4ccccc4c(-c4ccccc4)c4ccccc34)cc2)n1. The summed E-state index contributed by atoms with van der Waals surface area (Å²) >= 11 is 6.31. The summed E-state index contributed by atoms with van der Waals surface area (Å²) in [5.74, 6) is 1.11. The molecular formula is C35H22ClN3. The second kappa shape index (κ2) is 9.79. The highest BCUT2D eigenvalue weighted by Crippen LogP contribution is 2.43. The quantitative estimate of drug-likeness (QED) is 0.217. The molecule has 0 fully saturated rings. The lowest BCUT2D eigenvalue weighted by molar-refractivity contribution is 1.07. The molecule has 0 aliphatic heterocycles. The number of halogens is 1. The van der Waals surface area contributed by atoms with E-state index in [2.05, 4.69) is 113 Å². The van der Waals surface area contributed by atoms with E-state index in [0.29, 0.717) is 11.6 Å². The fourth-order valence-corrected chi connectivity index (χ4v) is 5.50. The molecule has 39 heavy (non-hydrogen) atoms. The number of rotatable bonds is 4. The van der Waals surface area contributed by atoms with Crippen LogP contribution in [0.1, 0.15) is 0 Å². The average Bonchev–Trinajstić information content (AvgIpc) is 3.00. The fraction of sp³-hybridized carbons (Fsp3) is 0. The van der Waals surface area contributed by atoms with Crippen LogP contribution in [-0.4, -0.2) is 15.0 Å². The molecule has 0 bridgehead atoms. The van der Waals surface area contributed by atoms with E-state index in [4.69, 9.17) is 16.6 Å². The van der Waals surface area contributed by atoms with Gasteiger partial charge in [0.2, 0.25) is 5.28 Å². The first-order valence-corrected chi connectivity index (χ1v) is 13.2. The Balaban J connectivity index is 1.40. The van der Waals surface area contributed by atoms with Gasteiger partial charge in [-0.05, 0) is 55.4 Å². The molecule has 3 nitrogen and oxygen atoms in total. The lowest BCUT2D eigenvalue weighted by atomic mass is 9.86. The van der Waals surface area contributed by atoms with Crippen molar-refractivity contribution in [2.45, 2.75) is 0 Å². The predicted octanol–water partition coefficient (Wildman–Crippen LogP) is 9.50. The van der Waals surface area contributed by atoms with E-state index in [1.807, 2.05) is 30.3 Å². The number of nitrogens with zero attached hydrogens (tertiary/aromatic N) is 3. The van der Waals surface area contributed by atoms with Crippen LogP contribution in [0.25, 0.3) is 66.6 Å². The van der Waals surface area contributed by atoms with Crippen LogP contribution in [0.5, 0.6) is 0 Å². The second-order valence-corrected chi connectivity index (χ2v) is 9.74. The summed E-state index contributed by atoms with van der Waals surface area (Å²) in [6, 6.07) is 46.2. The van der Waals surface area contributed by atoms with Crippen molar-refractivity contribution in [2.24, 2.45) is 0 Å². The zero-order valence-corrected chi connectivity index (χ0v) is 21.7. The van der Waals surface area contributed by atoms with E-state index in [1.54, 1.807) is 0 Å². The maximum atomic E-state index is 6.31. The molecule has 4 heteroatoms. The zero-order valence-electron chi connectivity index (χ0n) is 20.9. The van der Waals surface area contributed by atoms with Crippen LogP contribution in [-0.2, 0) is 0 Å². The largest absolute Gasteiger partial charge is 0.226 e. The number of benzene rings is 6. The Morgan fingerprint density at radius 1 is 0.333 bits per heavy atom. The van der Waals surface area contributed by atoms with Crippen LogP contribution in [0.4, 0.5) is 0 Å². The van der Waals surface area contributed by atoms with Gasteiger partial charge in [0.15, 0.2) is 11.6 Å². The minimum Gasteiger partial charge on any atom is -0.208 e. The molecule has 7 rings (SSSR count). The molecule has 6 aromatic carbocycles. The Hall–Kier alpha value is -4.86. The standard InChI is InChI=1S/C35H22ClN3/c36-35-38-33(25-13-5-2-6-14-25)37-34(39-35)26-21-19-24(20-22-26)32-29-17-9-7-15-27(29)31(23-11-3-1-4-12-23)28-16-8-10-18-30(28)32/h1-22H. The van der Waals surface area contributed by atoms with Gasteiger partial charge in [0, 0.05) is 11.1 Å². The Morgan fingerprint density at radius 2 is 0.667 bits per heavy atom. The first kappa shape index (κ1) is 23.3. The van der Waals surface area contributed by atoms with Gasteiger partial charge < -0.3 is 0 Å². The molecule has 0 amide bonds. The van der Waals surface area contributed by atoms with Gasteiger partial charge in [-0.15, -0.1) is 0 Å². The minimum absolute atomic E-state index is 0.177. The maximum Gasteiger partial charge on any atom is 0.226 e. The minimum atomic E-state index is 0.177. The molecule has 184 valence electrons. The van der Waals surface area contributed by atoms with Gasteiger partial charge in [-0.2, -0.15) is 9.97 Å². The van der Waals surface area contributed by atoms with Crippen LogP contribution in [0.3, 0.4) is 0 Å². The number of hydrogen-bond acceptors (Lipinski definition) is 3. The van der Waals surface area contributed by atoms with Crippen molar-refractivity contribution in [1.29, 1.82) is 0 Å². The Labute approximate surface area is 231 Å². The van der Waals surface area contributed by atoms with Crippen molar-refractivity contribution >= 4 is 33.1 Å². The van der Waals surface area contributed by atoms with Crippen molar-refractivity contribution in [3.63, 3.8) is 0 Å². The average molecular weight is 520 g/mol. The molecule has 0 radical (unpaired) electrons. The van der Waals surface area contributed by atoms with Gasteiger partial charge in [0.05, 0.1) is 0 Å². The number of aromatic nitrogens is 3. The van der Waals surface area contributed by atoms with Crippen molar-refractivity contribution < 1.29 is 0 Å². The predicted molar refractivity (Wildman–Crippen MR) is 162 cm³/mol. The topological polar surface area (TPSA) is 38.7 Å². The Kier molecular flexibility index (Phi) is 5.84. The van der Waals surface area contributed by atoms with Crippen molar-refractivity contribution in [3.8, 4) is 45.0 Å². The summed E-state index contributed by atoms with van der Waals surface area (Å²) in [4.78, 5) is 13.5. The van der Waals surface area contributed by atoms with Gasteiger partial charge in [-0.3, -0.25) is 0 Å². The van der Waals surface area contributed by atoms with Crippen molar-refractivity contribution in [3.05, 3.63) is 139 Å². The summed E-state index contributed by atoms with van der Waals surface area (Å²) in [6.07, 6.45) is 0. The van der Waals surface area contributed by atoms with E-state index >= 15 is 0 Å². The third kappa shape index (κ3) is 4.23. The second-order valence-electron chi connectivity index (χ2n) is 9.40. The van der Waals surface area contributed by atoms with Crippen LogP contribution in [0.2, 0.25) is 5.28 Å². The molecule has 0 N–H and O–H groups in total. The smallest absolute Gasteiger partial charge is 0.208 e. The van der Waals surface area contributed by atoms with Crippen LogP contribution in [0.15, 0.2) is 133 Å². The summed E-state index contributed by atoms with van der Waals surface area (Å²) < 4.78 is 0. The van der Waals surface area contributed by atoms with E-state index in [0.717, 1.165) is 16.7 Å². The summed E-state index contributed by atoms with van der Waals surface area (Å²) in [7, 11) is 0. The molecule has 0 aliphatic carbocycles. The van der Waals surface area contributed by atoms with E-state index in [1.165, 1.54) is 38.2 Å². The molecule has 1 heterocycles. The summed E-state index contributed by atoms with van der Waals surface area (Å²) in [5.41, 5.74) is 6.61. The third-order valence-corrected chi connectivity index (χ3v) is 7.23. The lowest BCUT2D eigenvalue weighted by Crippen LogP contribution is -1.97. The Bertz CT molecular complexity index is 1890. The summed E-state index contributed by atoms with van der Waals surface area (Å²) in [5, 5.41) is 5.09. The van der Waals surface area contributed by atoms with Gasteiger partial charge in [0.25, 0.3) is 0 Å². The van der Waals surface area contributed by atoms with E-state index < -0.39 is 0 Å². The van der Waals surface area contributed by atoms with E-state index in [-0.39, 0.29) is 5.28 Å². The monoisotopic (exact) mass is 519 g/mol. The number of fused-ring (bicyclic) bond motifs is 2. The maximum absolute atomic E-state index is 6.31. The fourth-order valence-electron chi connectivity index (χ4n) is 5.34. The third-order valence-electron chi connectivity index (χ3n) is 7.07. The summed E-state index contributed by atoms with van der Waals surface area (Å²) in [6.45, 7) is 0. The van der Waals surface area contributed by atoms with Crippen LogP contribution in [0, 0.1) is 0 Å². The van der Waals surface area contributed by atoms with Gasteiger partial charge in [0.1, 0.15) is 0 Å². The van der Waals surface area contributed by atoms with E-state index in [9.17, 15) is 0 Å². The number of hydrogen-bond donors (Lipinski definition) is 0. The molecule has 0 spiro atoms. The molecule has 7 aromatic rings. The molecule has 1 aromatic heterocycles. The highest BCUT2D eigenvalue weighted by molar-refractivity contribution is 6.28. The van der Waals surface area contributed by atoms with Crippen molar-refractivity contribution in [1.82, 2.24) is 15.0 Å². The molecule has 0 aliphatic rings. The zero-order chi connectivity index (χ0) is 26.2. The molecule has 0 unspecified atom stereocenters. The molecule has 0 saturated heterocycles. The molecule has 0 atom stereocenters. The van der Waals surface area contributed by atoms with Gasteiger partial charge in [-0.1, -0.05) is 133 Å². The highest BCUT2D eigenvalue weighted by atomic mass is 35.5. The van der Waals surface area contributed by atoms with Gasteiger partial charge >= 0.3 is 0 Å².